The molecule has 1 aliphatic heterocycles. The summed E-state index contributed by atoms with van der Waals surface area (Å²) >= 11 is 2.20. The Kier molecular flexibility index (Phi) is 6.55. The second-order valence-electron chi connectivity index (χ2n) is 8.25. The van der Waals surface area contributed by atoms with Gasteiger partial charge in [0.1, 0.15) is 22.8 Å². The third-order valence-electron chi connectivity index (χ3n) is 5.93. The van der Waals surface area contributed by atoms with Gasteiger partial charge in [0.25, 0.3) is 5.56 Å². The van der Waals surface area contributed by atoms with Crippen LogP contribution in [-0.2, 0) is 23.5 Å². The predicted molar refractivity (Wildman–Crippen MR) is 152 cm³/mol. The summed E-state index contributed by atoms with van der Waals surface area (Å²) in [4.78, 5) is 22.4. The van der Waals surface area contributed by atoms with Gasteiger partial charge in [-0.05, 0) is 40.2 Å². The van der Waals surface area contributed by atoms with E-state index in [1.807, 2.05) is 6.07 Å². The maximum absolute atomic E-state index is 13.2. The van der Waals surface area contributed by atoms with Crippen molar-refractivity contribution in [3.8, 4) is 5.75 Å². The molecule has 0 saturated carbocycles. The van der Waals surface area contributed by atoms with Crippen molar-refractivity contribution in [2.24, 2.45) is 7.05 Å². The van der Waals surface area contributed by atoms with Gasteiger partial charge in [0, 0.05) is 32.1 Å². The van der Waals surface area contributed by atoms with Crippen LogP contribution < -0.4 is 25.2 Å². The Morgan fingerprint density at radius 1 is 1.17 bits per heavy atom. The molecule has 1 atom stereocenters. The van der Waals surface area contributed by atoms with E-state index in [-0.39, 0.29) is 11.9 Å². The second kappa shape index (κ2) is 9.52. The zero-order valence-corrected chi connectivity index (χ0v) is 23.6. The number of halogens is 1. The molecule has 4 aromatic rings. The molecule has 36 heavy (non-hydrogen) atoms. The van der Waals surface area contributed by atoms with Gasteiger partial charge in [-0.2, -0.15) is 0 Å². The van der Waals surface area contributed by atoms with Gasteiger partial charge in [0.15, 0.2) is 5.65 Å². The van der Waals surface area contributed by atoms with Crippen molar-refractivity contribution in [2.75, 3.05) is 34.8 Å². The summed E-state index contributed by atoms with van der Waals surface area (Å²) in [6.07, 6.45) is 3.87. The Morgan fingerprint density at radius 3 is 2.69 bits per heavy atom. The number of aromatic nitrogens is 4. The number of anilines is 5. The number of hydrogen-bond acceptors (Lipinski definition) is 8. The van der Waals surface area contributed by atoms with Crippen molar-refractivity contribution < 1.29 is 13.2 Å². The van der Waals surface area contributed by atoms with E-state index in [1.54, 1.807) is 48.0 Å². The molecule has 1 aromatic carbocycles. The third-order valence-corrected chi connectivity index (χ3v) is 9.17. The van der Waals surface area contributed by atoms with Crippen LogP contribution in [0.4, 0.5) is 28.7 Å². The molecule has 11 nitrogen and oxygen atoms in total. The maximum atomic E-state index is 13.2. The Morgan fingerprint density at radius 2 is 1.94 bits per heavy atom. The number of hydrogen-bond donors (Lipinski definition) is 2. The minimum atomic E-state index is -3.50. The molecule has 2 N–H and O–H groups in total. The molecule has 0 radical (unpaired) electrons. The van der Waals surface area contributed by atoms with Crippen LogP contribution in [0.3, 0.4) is 0 Å². The molecule has 14 heteroatoms. The first-order chi connectivity index (χ1) is 17.2. The van der Waals surface area contributed by atoms with Gasteiger partial charge in [-0.1, -0.05) is 12.1 Å². The molecule has 0 bridgehead atoms. The molecule has 4 heterocycles. The number of benzene rings is 1. The van der Waals surface area contributed by atoms with Crippen molar-refractivity contribution in [2.45, 2.75) is 6.42 Å². The summed E-state index contributed by atoms with van der Waals surface area (Å²) in [5, 5.41) is 6.94. The lowest BCUT2D eigenvalue weighted by Crippen LogP contribution is -2.25. The first-order valence-corrected chi connectivity index (χ1v) is 16.8. The SMILES string of the molecule is CN(c1ccccc1Nc1cc(Nc2cc3c(cn2)OCC3)nc2c1c(=O)n(C)n2PI)S(C)(=O)=O. The number of pyridine rings is 2. The monoisotopic (exact) mass is 639 g/mol. The average Bonchev–Trinajstić information content (AvgIpc) is 3.40. The highest BCUT2D eigenvalue weighted by Crippen LogP contribution is 2.36. The largest absolute Gasteiger partial charge is 0.491 e. The van der Waals surface area contributed by atoms with E-state index in [0.29, 0.717) is 46.3 Å². The zero-order valence-electron chi connectivity index (χ0n) is 19.6. The molecule has 0 saturated heterocycles. The molecule has 188 valence electrons. The first kappa shape index (κ1) is 24.8. The summed E-state index contributed by atoms with van der Waals surface area (Å²) in [6.45, 7) is 0.632. The van der Waals surface area contributed by atoms with Crippen LogP contribution in [0.1, 0.15) is 5.56 Å². The minimum absolute atomic E-state index is 0.211. The fourth-order valence-corrected chi connectivity index (χ4v) is 6.63. The lowest BCUT2D eigenvalue weighted by molar-refractivity contribution is 0.355. The quantitative estimate of drug-likeness (QED) is 0.232. The van der Waals surface area contributed by atoms with Crippen molar-refractivity contribution >= 4 is 78.2 Å². The van der Waals surface area contributed by atoms with E-state index in [0.717, 1.165) is 24.0 Å². The zero-order chi connectivity index (χ0) is 25.6. The van der Waals surface area contributed by atoms with Crippen LogP contribution >= 0.6 is 28.4 Å². The minimum Gasteiger partial charge on any atom is -0.491 e. The molecule has 1 unspecified atom stereocenters. The van der Waals surface area contributed by atoms with Crippen molar-refractivity contribution in [3.05, 3.63) is 58.5 Å². The van der Waals surface area contributed by atoms with Gasteiger partial charge in [-0.15, -0.1) is 0 Å². The third kappa shape index (κ3) is 4.50. The predicted octanol–water partition coefficient (Wildman–Crippen LogP) is 3.74. The topological polar surface area (TPSA) is 123 Å². The summed E-state index contributed by atoms with van der Waals surface area (Å²) in [5.74, 6) is 1.87. The number of fused-ring (bicyclic) bond motifs is 2. The van der Waals surface area contributed by atoms with E-state index in [9.17, 15) is 13.2 Å². The fourth-order valence-electron chi connectivity index (χ4n) is 4.01. The molecule has 0 amide bonds. The second-order valence-corrected chi connectivity index (χ2v) is 12.3. The molecule has 0 aliphatic carbocycles. The fraction of sp³-hybridized carbons (Fsp3) is 0.227. The number of rotatable bonds is 7. The highest BCUT2D eigenvalue weighted by Gasteiger charge is 2.21. The van der Waals surface area contributed by atoms with Gasteiger partial charge < -0.3 is 15.4 Å². The number of nitrogens with zero attached hydrogens (tertiary/aromatic N) is 5. The van der Waals surface area contributed by atoms with Crippen LogP contribution in [-0.4, -0.2) is 47.4 Å². The Hall–Kier alpha value is -2.90. The lowest BCUT2D eigenvalue weighted by atomic mass is 10.2. The van der Waals surface area contributed by atoms with E-state index < -0.39 is 10.0 Å². The Labute approximate surface area is 222 Å². The van der Waals surface area contributed by atoms with Crippen LogP contribution in [0, 0.1) is 0 Å². The standard InChI is InChI=1S/C22H23IN7O4PS/c1-28-22(31)20-15(25-14-6-4-5-7-16(14)29(2)36(3,32)33)11-19(27-21(20)30(28)35-23)26-18-10-13-8-9-34-17(13)12-24-18/h4-7,10-12,35H,8-9H2,1-3H3,(H2,24,25,26,27). The molecule has 3 aromatic heterocycles. The lowest BCUT2D eigenvalue weighted by Gasteiger charge is -2.21. The van der Waals surface area contributed by atoms with Gasteiger partial charge in [0.05, 0.1) is 42.5 Å². The van der Waals surface area contributed by atoms with E-state index in [4.69, 9.17) is 9.72 Å². The van der Waals surface area contributed by atoms with Crippen LogP contribution in [0.2, 0.25) is 0 Å². The van der Waals surface area contributed by atoms with Crippen molar-refractivity contribution in [3.63, 3.8) is 0 Å². The number of ether oxygens (including phenoxy) is 1. The molecule has 0 fully saturated rings. The summed E-state index contributed by atoms with van der Waals surface area (Å²) in [5.41, 5.74) is 2.83. The highest BCUT2D eigenvalue weighted by atomic mass is 127. The molecule has 5 rings (SSSR count). The van der Waals surface area contributed by atoms with Crippen LogP contribution in [0.15, 0.2) is 47.4 Å². The van der Waals surface area contributed by atoms with Crippen molar-refractivity contribution in [1.82, 2.24) is 19.1 Å². The average molecular weight is 639 g/mol. The van der Waals surface area contributed by atoms with Crippen LogP contribution in [0.25, 0.3) is 11.0 Å². The van der Waals surface area contributed by atoms with Gasteiger partial charge in [-0.25, -0.2) is 27.5 Å². The first-order valence-electron chi connectivity index (χ1n) is 10.9. The highest BCUT2D eigenvalue weighted by molar-refractivity contribution is 14.2. The summed E-state index contributed by atoms with van der Waals surface area (Å²) < 4.78 is 34.5. The van der Waals surface area contributed by atoms with Gasteiger partial charge in [0.2, 0.25) is 10.0 Å². The Bertz CT molecular complexity index is 1650. The normalized spacial score (nSPS) is 13.2. The molecular formula is C22H23IN7O4PS. The number of nitrogens with one attached hydrogen (secondary N) is 2. The maximum Gasteiger partial charge on any atom is 0.278 e. The van der Waals surface area contributed by atoms with E-state index in [1.165, 1.54) is 16.0 Å². The molecule has 1 aliphatic rings. The van der Waals surface area contributed by atoms with Crippen LogP contribution in [0.5, 0.6) is 5.75 Å². The smallest absolute Gasteiger partial charge is 0.278 e. The van der Waals surface area contributed by atoms with Gasteiger partial charge in [-0.3, -0.25) is 9.10 Å². The summed E-state index contributed by atoms with van der Waals surface area (Å²) in [6, 6.07) is 10.7. The number of para-hydroxylation sites is 2. The van der Waals surface area contributed by atoms with Gasteiger partial charge >= 0.3 is 0 Å². The molecular weight excluding hydrogens is 616 g/mol. The number of sulfonamides is 1. The summed E-state index contributed by atoms with van der Waals surface area (Å²) in [7, 11) is -0.320. The van der Waals surface area contributed by atoms with Crippen molar-refractivity contribution in [1.29, 1.82) is 0 Å². The Balaban J connectivity index is 1.64. The molecule has 0 spiro atoms. The van der Waals surface area contributed by atoms with E-state index in [2.05, 4.69) is 37.7 Å². The van der Waals surface area contributed by atoms with E-state index >= 15 is 0 Å².